The maximum absolute atomic E-state index is 12.1. The Morgan fingerprint density at radius 1 is 1.42 bits per heavy atom. The van der Waals surface area contributed by atoms with Gasteiger partial charge in [-0.2, -0.15) is 0 Å². The van der Waals surface area contributed by atoms with Crippen LogP contribution in [0.25, 0.3) is 11.0 Å². The average Bonchev–Trinajstić information content (AvgIpc) is 2.81. The highest BCUT2D eigenvalue weighted by Gasteiger charge is 2.15. The summed E-state index contributed by atoms with van der Waals surface area (Å²) >= 11 is 0. The van der Waals surface area contributed by atoms with E-state index in [4.69, 9.17) is 9.52 Å². The Balaban J connectivity index is 2.17. The summed E-state index contributed by atoms with van der Waals surface area (Å²) in [4.78, 5) is 12.1. The molecule has 0 aliphatic heterocycles. The highest BCUT2D eigenvalue weighted by molar-refractivity contribution is 5.96. The highest BCUT2D eigenvalue weighted by Crippen LogP contribution is 2.20. The molecule has 1 amide bonds. The summed E-state index contributed by atoms with van der Waals surface area (Å²) in [5.74, 6) is 0.0890. The van der Waals surface area contributed by atoms with E-state index in [0.717, 1.165) is 17.4 Å². The summed E-state index contributed by atoms with van der Waals surface area (Å²) in [5, 5.41) is 12.7. The van der Waals surface area contributed by atoms with Crippen LogP contribution in [0.2, 0.25) is 0 Å². The largest absolute Gasteiger partial charge is 0.451 e. The van der Waals surface area contributed by atoms with Crippen molar-refractivity contribution in [2.45, 2.75) is 32.7 Å². The molecule has 1 aromatic carbocycles. The van der Waals surface area contributed by atoms with Crippen molar-refractivity contribution in [1.82, 2.24) is 5.32 Å². The Hall–Kier alpha value is -1.81. The standard InChI is InChI=1S/C15H19NO3/c1-3-12(6-7-17)16-15(18)14-9-11-8-10(2)4-5-13(11)19-14/h4-5,8-9,12,17H,3,6-7H2,1-2H3,(H,16,18). The quantitative estimate of drug-likeness (QED) is 0.869. The van der Waals surface area contributed by atoms with Crippen molar-refractivity contribution >= 4 is 16.9 Å². The molecule has 0 saturated heterocycles. The molecule has 1 unspecified atom stereocenters. The van der Waals surface area contributed by atoms with E-state index in [1.807, 2.05) is 32.0 Å². The van der Waals surface area contributed by atoms with E-state index in [2.05, 4.69) is 5.32 Å². The Labute approximate surface area is 112 Å². The highest BCUT2D eigenvalue weighted by atomic mass is 16.3. The molecule has 2 aromatic rings. The van der Waals surface area contributed by atoms with Crippen LogP contribution in [0.15, 0.2) is 28.7 Å². The van der Waals surface area contributed by atoms with Crippen LogP contribution < -0.4 is 5.32 Å². The lowest BCUT2D eigenvalue weighted by molar-refractivity contribution is 0.0903. The van der Waals surface area contributed by atoms with Crippen LogP contribution in [0.4, 0.5) is 0 Å². The fraction of sp³-hybridized carbons (Fsp3) is 0.400. The second-order valence-corrected chi connectivity index (χ2v) is 4.74. The van der Waals surface area contributed by atoms with Crippen LogP contribution in [-0.2, 0) is 0 Å². The number of aliphatic hydroxyl groups is 1. The zero-order chi connectivity index (χ0) is 13.8. The Bertz CT molecular complexity index is 574. The second kappa shape index (κ2) is 5.89. The number of amides is 1. The van der Waals surface area contributed by atoms with E-state index >= 15 is 0 Å². The van der Waals surface area contributed by atoms with Gasteiger partial charge in [0.15, 0.2) is 5.76 Å². The molecule has 19 heavy (non-hydrogen) atoms. The van der Waals surface area contributed by atoms with Crippen molar-refractivity contribution in [3.8, 4) is 0 Å². The SMILES string of the molecule is CCC(CCO)NC(=O)c1cc2cc(C)ccc2o1. The molecule has 1 heterocycles. The van der Waals surface area contributed by atoms with Gasteiger partial charge in [0.05, 0.1) is 0 Å². The van der Waals surface area contributed by atoms with Crippen molar-refractivity contribution in [3.63, 3.8) is 0 Å². The first-order valence-electron chi connectivity index (χ1n) is 6.56. The van der Waals surface area contributed by atoms with Gasteiger partial charge < -0.3 is 14.8 Å². The van der Waals surface area contributed by atoms with Gasteiger partial charge in [0.1, 0.15) is 5.58 Å². The van der Waals surface area contributed by atoms with Crippen LogP contribution in [0.3, 0.4) is 0 Å². The number of carbonyl (C=O) groups excluding carboxylic acids is 1. The van der Waals surface area contributed by atoms with Gasteiger partial charge in [-0.25, -0.2) is 0 Å². The maximum Gasteiger partial charge on any atom is 0.287 e. The van der Waals surface area contributed by atoms with Gasteiger partial charge in [-0.3, -0.25) is 4.79 Å². The number of hydrogen-bond acceptors (Lipinski definition) is 3. The number of fused-ring (bicyclic) bond motifs is 1. The third-order valence-electron chi connectivity index (χ3n) is 3.20. The van der Waals surface area contributed by atoms with Crippen LogP contribution in [-0.4, -0.2) is 23.7 Å². The summed E-state index contributed by atoms with van der Waals surface area (Å²) in [7, 11) is 0. The minimum absolute atomic E-state index is 0.0209. The van der Waals surface area contributed by atoms with E-state index < -0.39 is 0 Å². The lowest BCUT2D eigenvalue weighted by Crippen LogP contribution is -2.34. The molecular formula is C15H19NO3. The van der Waals surface area contributed by atoms with Crippen LogP contribution in [0.1, 0.15) is 35.9 Å². The summed E-state index contributed by atoms with van der Waals surface area (Å²) < 4.78 is 5.53. The number of benzene rings is 1. The molecule has 2 rings (SSSR count). The van der Waals surface area contributed by atoms with Crippen molar-refractivity contribution in [1.29, 1.82) is 0 Å². The van der Waals surface area contributed by atoms with Crippen molar-refractivity contribution in [2.75, 3.05) is 6.61 Å². The molecular weight excluding hydrogens is 242 g/mol. The molecule has 0 spiro atoms. The van der Waals surface area contributed by atoms with E-state index in [1.165, 1.54) is 0 Å². The Morgan fingerprint density at radius 3 is 2.89 bits per heavy atom. The topological polar surface area (TPSA) is 62.5 Å². The molecule has 0 saturated carbocycles. The Kier molecular flexibility index (Phi) is 4.22. The maximum atomic E-state index is 12.1. The smallest absolute Gasteiger partial charge is 0.287 e. The molecule has 0 aliphatic rings. The minimum Gasteiger partial charge on any atom is -0.451 e. The van der Waals surface area contributed by atoms with Gasteiger partial charge in [-0.1, -0.05) is 18.6 Å². The number of hydrogen-bond donors (Lipinski definition) is 2. The number of rotatable bonds is 5. The fourth-order valence-corrected chi connectivity index (χ4v) is 2.07. The van der Waals surface area contributed by atoms with Gasteiger partial charge in [-0.15, -0.1) is 0 Å². The average molecular weight is 261 g/mol. The lowest BCUT2D eigenvalue weighted by atomic mass is 10.1. The van der Waals surface area contributed by atoms with Crippen molar-refractivity contribution in [2.24, 2.45) is 0 Å². The van der Waals surface area contributed by atoms with E-state index in [-0.39, 0.29) is 18.6 Å². The molecule has 4 nitrogen and oxygen atoms in total. The molecule has 0 bridgehead atoms. The molecule has 0 fully saturated rings. The summed E-state index contributed by atoms with van der Waals surface area (Å²) in [6.07, 6.45) is 1.34. The van der Waals surface area contributed by atoms with Crippen LogP contribution in [0.5, 0.6) is 0 Å². The second-order valence-electron chi connectivity index (χ2n) is 4.74. The number of aryl methyl sites for hydroxylation is 1. The van der Waals surface area contributed by atoms with Gasteiger partial charge in [0.25, 0.3) is 5.91 Å². The first-order chi connectivity index (χ1) is 9.13. The predicted octanol–water partition coefficient (Wildman–Crippen LogP) is 2.63. The van der Waals surface area contributed by atoms with Gasteiger partial charge in [-0.05, 0) is 38.0 Å². The van der Waals surface area contributed by atoms with Gasteiger partial charge in [0.2, 0.25) is 0 Å². The number of furan rings is 1. The Morgan fingerprint density at radius 2 is 2.21 bits per heavy atom. The first kappa shape index (κ1) is 13.6. The molecule has 1 atom stereocenters. The molecule has 2 N–H and O–H groups in total. The molecule has 0 radical (unpaired) electrons. The first-order valence-corrected chi connectivity index (χ1v) is 6.56. The van der Waals surface area contributed by atoms with Gasteiger partial charge >= 0.3 is 0 Å². The summed E-state index contributed by atoms with van der Waals surface area (Å²) in [6, 6.07) is 7.54. The number of nitrogens with one attached hydrogen (secondary N) is 1. The van der Waals surface area contributed by atoms with E-state index in [9.17, 15) is 4.79 Å². The molecule has 1 aromatic heterocycles. The zero-order valence-electron chi connectivity index (χ0n) is 11.3. The number of aliphatic hydroxyl groups excluding tert-OH is 1. The van der Waals surface area contributed by atoms with Crippen LogP contribution in [0, 0.1) is 6.92 Å². The summed E-state index contributed by atoms with van der Waals surface area (Å²) in [6.45, 7) is 4.04. The van der Waals surface area contributed by atoms with E-state index in [1.54, 1.807) is 6.07 Å². The minimum atomic E-state index is -0.228. The molecule has 102 valence electrons. The normalized spacial score (nSPS) is 12.6. The third-order valence-corrected chi connectivity index (χ3v) is 3.20. The number of carbonyl (C=O) groups is 1. The van der Waals surface area contributed by atoms with Crippen molar-refractivity contribution in [3.05, 3.63) is 35.6 Å². The monoisotopic (exact) mass is 261 g/mol. The predicted molar refractivity (Wildman–Crippen MR) is 74.2 cm³/mol. The van der Waals surface area contributed by atoms with E-state index in [0.29, 0.717) is 17.8 Å². The molecule has 0 aliphatic carbocycles. The van der Waals surface area contributed by atoms with Gasteiger partial charge in [0, 0.05) is 18.0 Å². The zero-order valence-corrected chi connectivity index (χ0v) is 11.3. The van der Waals surface area contributed by atoms with Crippen molar-refractivity contribution < 1.29 is 14.3 Å². The molecule has 4 heteroatoms. The lowest BCUT2D eigenvalue weighted by Gasteiger charge is -2.14. The third kappa shape index (κ3) is 3.15. The fourth-order valence-electron chi connectivity index (χ4n) is 2.07. The van der Waals surface area contributed by atoms with Crippen LogP contribution >= 0.6 is 0 Å². The summed E-state index contributed by atoms with van der Waals surface area (Å²) in [5.41, 5.74) is 1.85.